The molecule has 0 heterocycles. The predicted molar refractivity (Wildman–Crippen MR) is 85.6 cm³/mol. The number of nitrogens with one attached hydrogen (secondary N) is 1. The third-order valence-electron chi connectivity index (χ3n) is 3.19. The zero-order valence-corrected chi connectivity index (χ0v) is 12.9. The Hall–Kier alpha value is -2.21. The Labute approximate surface area is 130 Å². The van der Waals surface area contributed by atoms with Gasteiger partial charge < -0.3 is 10.4 Å². The van der Waals surface area contributed by atoms with E-state index in [0.717, 1.165) is 0 Å². The Balaban J connectivity index is 2.50. The number of carboxylic acids is 1. The summed E-state index contributed by atoms with van der Waals surface area (Å²) in [5, 5.41) is 23.0. The molecule has 0 aromatic heterocycles. The Morgan fingerprint density at radius 2 is 2.09 bits per heavy atom. The number of aliphatic carboxylic acids is 1. The van der Waals surface area contributed by atoms with E-state index in [0.29, 0.717) is 31.0 Å². The van der Waals surface area contributed by atoms with E-state index in [2.05, 4.69) is 5.32 Å². The fourth-order valence-corrected chi connectivity index (χ4v) is 2.16. The molecule has 1 aromatic carbocycles. The summed E-state index contributed by atoms with van der Waals surface area (Å²) >= 11 is 0. The van der Waals surface area contributed by atoms with Gasteiger partial charge in [0.05, 0.1) is 16.4 Å². The van der Waals surface area contributed by atoms with Crippen LogP contribution in [0.3, 0.4) is 0 Å². The van der Waals surface area contributed by atoms with Gasteiger partial charge in [0.1, 0.15) is 0 Å². The molecule has 0 saturated heterocycles. The highest BCUT2D eigenvalue weighted by atomic mass is 16.6. The second-order valence-corrected chi connectivity index (χ2v) is 5.54. The average molecular weight is 306 g/mol. The van der Waals surface area contributed by atoms with E-state index in [1.54, 1.807) is 30.4 Å². The van der Waals surface area contributed by atoms with Crippen LogP contribution in [0.25, 0.3) is 6.08 Å². The van der Waals surface area contributed by atoms with Crippen molar-refractivity contribution in [3.8, 4) is 0 Å². The maximum Gasteiger partial charge on any atom is 0.307 e. The highest BCUT2D eigenvalue weighted by Crippen LogP contribution is 2.18. The van der Waals surface area contributed by atoms with Gasteiger partial charge in [-0.15, -0.1) is 0 Å². The molecule has 120 valence electrons. The smallest absolute Gasteiger partial charge is 0.307 e. The van der Waals surface area contributed by atoms with Crippen LogP contribution in [0, 0.1) is 22.0 Å². The summed E-state index contributed by atoms with van der Waals surface area (Å²) < 4.78 is 0. The van der Waals surface area contributed by atoms with E-state index in [4.69, 9.17) is 5.11 Å². The van der Waals surface area contributed by atoms with Gasteiger partial charge >= 0.3 is 5.97 Å². The van der Waals surface area contributed by atoms with Gasteiger partial charge in [-0.25, -0.2) is 0 Å². The first-order valence-corrected chi connectivity index (χ1v) is 7.25. The molecule has 0 aliphatic heterocycles. The van der Waals surface area contributed by atoms with Gasteiger partial charge in [-0.1, -0.05) is 38.1 Å². The normalized spacial score (nSPS) is 12.7. The lowest BCUT2D eigenvalue weighted by atomic mass is 9.97. The lowest BCUT2D eigenvalue weighted by Gasteiger charge is -2.14. The molecule has 6 heteroatoms. The SMILES string of the molecule is CC(C)CC(CNC/C=C/c1ccccc1[N+](=O)[O-])C(=O)O. The Kier molecular flexibility index (Phi) is 7.25. The second-order valence-electron chi connectivity index (χ2n) is 5.54. The number of carboxylic acid groups (broad SMARTS) is 1. The largest absolute Gasteiger partial charge is 0.481 e. The molecule has 2 N–H and O–H groups in total. The summed E-state index contributed by atoms with van der Waals surface area (Å²) in [6.45, 7) is 4.83. The summed E-state index contributed by atoms with van der Waals surface area (Å²) in [5.74, 6) is -0.895. The Morgan fingerprint density at radius 3 is 2.68 bits per heavy atom. The summed E-state index contributed by atoms with van der Waals surface area (Å²) in [5.41, 5.74) is 0.591. The van der Waals surface area contributed by atoms with Crippen molar-refractivity contribution in [2.24, 2.45) is 11.8 Å². The molecule has 0 spiro atoms. The first-order valence-electron chi connectivity index (χ1n) is 7.25. The second kappa shape index (κ2) is 8.94. The minimum absolute atomic E-state index is 0.0574. The standard InChI is InChI=1S/C16H22N2O4/c1-12(2)10-14(16(19)20)11-17-9-5-7-13-6-3-4-8-15(13)18(21)22/h3-8,12,14,17H,9-11H2,1-2H3,(H,19,20)/b7-5+. The molecule has 1 rings (SSSR count). The molecule has 0 aliphatic rings. The van der Waals surface area contributed by atoms with Crippen LogP contribution in [0.4, 0.5) is 5.69 Å². The van der Waals surface area contributed by atoms with Crippen molar-refractivity contribution in [2.45, 2.75) is 20.3 Å². The van der Waals surface area contributed by atoms with E-state index in [1.165, 1.54) is 6.07 Å². The molecule has 22 heavy (non-hydrogen) atoms. The van der Waals surface area contributed by atoms with Gasteiger partial charge in [-0.3, -0.25) is 14.9 Å². The molecule has 0 bridgehead atoms. The Morgan fingerprint density at radius 1 is 1.41 bits per heavy atom. The van der Waals surface area contributed by atoms with Crippen molar-refractivity contribution in [1.82, 2.24) is 5.32 Å². The summed E-state index contributed by atoms with van der Waals surface area (Å²) in [6, 6.07) is 6.49. The van der Waals surface area contributed by atoms with Gasteiger partial charge in [0.15, 0.2) is 0 Å². The maximum atomic E-state index is 11.1. The quantitative estimate of drug-likeness (QED) is 0.416. The number of rotatable bonds is 9. The van der Waals surface area contributed by atoms with Crippen molar-refractivity contribution in [3.63, 3.8) is 0 Å². The number of nitro groups is 1. The van der Waals surface area contributed by atoms with Crippen LogP contribution in [0.15, 0.2) is 30.3 Å². The van der Waals surface area contributed by atoms with E-state index in [1.807, 2.05) is 13.8 Å². The number of hydrogen-bond acceptors (Lipinski definition) is 4. The van der Waals surface area contributed by atoms with E-state index in [9.17, 15) is 14.9 Å². The molecule has 0 radical (unpaired) electrons. The van der Waals surface area contributed by atoms with E-state index in [-0.39, 0.29) is 5.69 Å². The van der Waals surface area contributed by atoms with Crippen molar-refractivity contribution in [2.75, 3.05) is 13.1 Å². The molecule has 6 nitrogen and oxygen atoms in total. The van der Waals surface area contributed by atoms with Crippen molar-refractivity contribution >= 4 is 17.7 Å². The maximum absolute atomic E-state index is 11.1. The third-order valence-corrected chi connectivity index (χ3v) is 3.19. The lowest BCUT2D eigenvalue weighted by Crippen LogP contribution is -2.29. The molecule has 0 saturated carbocycles. The lowest BCUT2D eigenvalue weighted by molar-refractivity contribution is -0.385. The fraction of sp³-hybridized carbons (Fsp3) is 0.438. The molecule has 1 atom stereocenters. The summed E-state index contributed by atoms with van der Waals surface area (Å²) in [7, 11) is 0. The number of nitrogens with zero attached hydrogens (tertiary/aromatic N) is 1. The number of para-hydroxylation sites is 1. The fourth-order valence-electron chi connectivity index (χ4n) is 2.16. The number of hydrogen-bond donors (Lipinski definition) is 2. The van der Waals surface area contributed by atoms with Crippen LogP contribution in [0.1, 0.15) is 25.8 Å². The average Bonchev–Trinajstić information content (AvgIpc) is 2.45. The van der Waals surface area contributed by atoms with Gasteiger partial charge in [-0.05, 0) is 18.4 Å². The first-order chi connectivity index (χ1) is 10.4. The predicted octanol–water partition coefficient (Wildman–Crippen LogP) is 2.94. The topological polar surface area (TPSA) is 92.5 Å². The van der Waals surface area contributed by atoms with E-state index < -0.39 is 16.8 Å². The molecule has 0 aliphatic carbocycles. The minimum atomic E-state index is -0.802. The zero-order chi connectivity index (χ0) is 16.5. The summed E-state index contributed by atoms with van der Waals surface area (Å²) in [6.07, 6.45) is 4.05. The van der Waals surface area contributed by atoms with Crippen molar-refractivity contribution in [3.05, 3.63) is 46.0 Å². The van der Waals surface area contributed by atoms with Gasteiger partial charge in [-0.2, -0.15) is 0 Å². The molecule has 1 unspecified atom stereocenters. The molecule has 0 fully saturated rings. The van der Waals surface area contributed by atoms with Crippen LogP contribution in [0.5, 0.6) is 0 Å². The van der Waals surface area contributed by atoms with Crippen molar-refractivity contribution in [1.29, 1.82) is 0 Å². The molecular weight excluding hydrogens is 284 g/mol. The zero-order valence-electron chi connectivity index (χ0n) is 12.9. The van der Waals surface area contributed by atoms with E-state index >= 15 is 0 Å². The van der Waals surface area contributed by atoms with Crippen LogP contribution >= 0.6 is 0 Å². The van der Waals surface area contributed by atoms with Crippen LogP contribution in [-0.2, 0) is 4.79 Å². The highest BCUT2D eigenvalue weighted by molar-refractivity contribution is 5.70. The van der Waals surface area contributed by atoms with Crippen LogP contribution in [-0.4, -0.2) is 29.1 Å². The molecule has 0 amide bonds. The third kappa shape index (κ3) is 6.05. The highest BCUT2D eigenvalue weighted by Gasteiger charge is 2.17. The molecular formula is C16H22N2O4. The summed E-state index contributed by atoms with van der Waals surface area (Å²) in [4.78, 5) is 21.6. The number of nitro benzene ring substituents is 1. The number of carbonyl (C=O) groups is 1. The van der Waals surface area contributed by atoms with Crippen LogP contribution < -0.4 is 5.32 Å². The van der Waals surface area contributed by atoms with Gasteiger partial charge in [0, 0.05) is 19.2 Å². The number of benzene rings is 1. The van der Waals surface area contributed by atoms with Crippen molar-refractivity contribution < 1.29 is 14.8 Å². The first kappa shape index (κ1) is 17.8. The molecule has 1 aromatic rings. The van der Waals surface area contributed by atoms with Crippen LogP contribution in [0.2, 0.25) is 0 Å². The monoisotopic (exact) mass is 306 g/mol. The Bertz CT molecular complexity index is 541. The van der Waals surface area contributed by atoms with Gasteiger partial charge in [0.2, 0.25) is 0 Å². The van der Waals surface area contributed by atoms with Gasteiger partial charge in [0.25, 0.3) is 5.69 Å². The minimum Gasteiger partial charge on any atom is -0.481 e.